The van der Waals surface area contributed by atoms with Gasteiger partial charge < -0.3 is 19.4 Å². The molecule has 1 heterocycles. The Balaban J connectivity index is 1.38. The van der Waals surface area contributed by atoms with E-state index < -0.39 is 0 Å². The number of hydrogen-bond acceptors (Lipinski definition) is 3. The fourth-order valence-electron chi connectivity index (χ4n) is 4.21. The molecular formula is C28H29FN2O3. The number of carbonyl (C=O) groups is 1. The molecule has 0 aliphatic rings. The molecule has 0 atom stereocenters. The van der Waals surface area contributed by atoms with Crippen LogP contribution in [-0.4, -0.2) is 31.2 Å². The molecule has 0 saturated carbocycles. The van der Waals surface area contributed by atoms with Gasteiger partial charge in [-0.3, -0.25) is 4.79 Å². The van der Waals surface area contributed by atoms with Gasteiger partial charge in [0.25, 0.3) is 0 Å². The molecule has 0 aliphatic carbocycles. The number of hydrogen-bond donors (Lipinski definition) is 1. The predicted molar refractivity (Wildman–Crippen MR) is 132 cm³/mol. The van der Waals surface area contributed by atoms with E-state index in [4.69, 9.17) is 9.47 Å². The third-order valence-electron chi connectivity index (χ3n) is 6.00. The van der Waals surface area contributed by atoms with Crippen molar-refractivity contribution in [3.05, 3.63) is 95.4 Å². The van der Waals surface area contributed by atoms with Gasteiger partial charge in [0.05, 0.1) is 20.8 Å². The molecule has 0 unspecified atom stereocenters. The highest BCUT2D eigenvalue weighted by Crippen LogP contribution is 2.25. The zero-order valence-corrected chi connectivity index (χ0v) is 19.5. The SMILES string of the molecule is COc1ccc(OC)c(CCNC(=O)CCc2cn(Cc3ccccc3F)c3ccccc23)c1. The van der Waals surface area contributed by atoms with E-state index in [1.54, 1.807) is 26.4 Å². The summed E-state index contributed by atoms with van der Waals surface area (Å²) in [4.78, 5) is 12.5. The smallest absolute Gasteiger partial charge is 0.220 e. The van der Waals surface area contributed by atoms with Crippen molar-refractivity contribution in [1.29, 1.82) is 0 Å². The fraction of sp³-hybridized carbons (Fsp3) is 0.250. The topological polar surface area (TPSA) is 52.5 Å². The first kappa shape index (κ1) is 23.4. The molecule has 1 amide bonds. The van der Waals surface area contributed by atoms with Gasteiger partial charge in [0.15, 0.2) is 0 Å². The van der Waals surface area contributed by atoms with E-state index in [1.807, 2.05) is 48.7 Å². The van der Waals surface area contributed by atoms with Crippen molar-refractivity contribution in [2.75, 3.05) is 20.8 Å². The first-order valence-electron chi connectivity index (χ1n) is 11.4. The second-order valence-corrected chi connectivity index (χ2v) is 8.17. The Hall–Kier alpha value is -3.80. The first-order valence-corrected chi connectivity index (χ1v) is 11.4. The summed E-state index contributed by atoms with van der Waals surface area (Å²) in [5.41, 5.74) is 3.74. The Morgan fingerprint density at radius 2 is 1.71 bits per heavy atom. The van der Waals surface area contributed by atoms with Gasteiger partial charge in [-0.05, 0) is 54.3 Å². The zero-order valence-electron chi connectivity index (χ0n) is 19.5. The Labute approximate surface area is 199 Å². The summed E-state index contributed by atoms with van der Waals surface area (Å²) in [6.45, 7) is 0.957. The van der Waals surface area contributed by atoms with Crippen LogP contribution in [0.25, 0.3) is 10.9 Å². The van der Waals surface area contributed by atoms with Gasteiger partial charge in [0, 0.05) is 35.6 Å². The number of aromatic nitrogens is 1. The molecule has 1 N–H and O–H groups in total. The van der Waals surface area contributed by atoms with Crippen molar-refractivity contribution in [2.45, 2.75) is 25.8 Å². The maximum absolute atomic E-state index is 14.2. The molecule has 0 saturated heterocycles. The maximum atomic E-state index is 14.2. The van der Waals surface area contributed by atoms with E-state index >= 15 is 0 Å². The molecule has 176 valence electrons. The van der Waals surface area contributed by atoms with E-state index in [1.165, 1.54) is 6.07 Å². The summed E-state index contributed by atoms with van der Waals surface area (Å²) < 4.78 is 26.9. The second kappa shape index (κ2) is 10.9. The molecule has 4 rings (SSSR count). The summed E-state index contributed by atoms with van der Waals surface area (Å²) in [6, 6.07) is 20.5. The normalized spacial score (nSPS) is 10.9. The van der Waals surface area contributed by atoms with Crippen molar-refractivity contribution in [2.24, 2.45) is 0 Å². The van der Waals surface area contributed by atoms with Crippen molar-refractivity contribution in [3.8, 4) is 11.5 Å². The number of ether oxygens (including phenoxy) is 2. The third-order valence-corrected chi connectivity index (χ3v) is 6.00. The van der Waals surface area contributed by atoms with Crippen LogP contribution in [0.15, 0.2) is 72.9 Å². The number of nitrogens with zero attached hydrogens (tertiary/aromatic N) is 1. The Kier molecular flexibility index (Phi) is 7.48. The van der Waals surface area contributed by atoms with E-state index in [0.29, 0.717) is 37.9 Å². The van der Waals surface area contributed by atoms with Gasteiger partial charge in [0.2, 0.25) is 5.91 Å². The van der Waals surface area contributed by atoms with E-state index in [9.17, 15) is 9.18 Å². The number of methoxy groups -OCH3 is 2. The Bertz CT molecular complexity index is 1280. The predicted octanol–water partition coefficient (Wildman–Crippen LogP) is 5.14. The molecule has 34 heavy (non-hydrogen) atoms. The molecule has 5 nitrogen and oxygen atoms in total. The average molecular weight is 461 g/mol. The van der Waals surface area contributed by atoms with Crippen molar-refractivity contribution < 1.29 is 18.7 Å². The number of fused-ring (bicyclic) bond motifs is 1. The molecule has 0 radical (unpaired) electrons. The maximum Gasteiger partial charge on any atom is 0.220 e. The summed E-state index contributed by atoms with van der Waals surface area (Å²) >= 11 is 0. The minimum Gasteiger partial charge on any atom is -0.497 e. The number of halogens is 1. The van der Waals surface area contributed by atoms with Crippen LogP contribution in [0.2, 0.25) is 0 Å². The lowest BCUT2D eigenvalue weighted by Crippen LogP contribution is -2.26. The minimum absolute atomic E-state index is 0.00667. The van der Waals surface area contributed by atoms with Gasteiger partial charge in [-0.25, -0.2) is 4.39 Å². The number of nitrogens with one attached hydrogen (secondary N) is 1. The summed E-state index contributed by atoms with van der Waals surface area (Å²) in [6.07, 6.45) is 3.67. The van der Waals surface area contributed by atoms with Crippen molar-refractivity contribution >= 4 is 16.8 Å². The molecule has 0 bridgehead atoms. The minimum atomic E-state index is -0.214. The Morgan fingerprint density at radius 1 is 0.912 bits per heavy atom. The van der Waals surface area contributed by atoms with E-state index in [0.717, 1.165) is 33.5 Å². The lowest BCUT2D eigenvalue weighted by molar-refractivity contribution is -0.121. The van der Waals surface area contributed by atoms with Crippen LogP contribution in [0.1, 0.15) is 23.1 Å². The van der Waals surface area contributed by atoms with Crippen molar-refractivity contribution in [3.63, 3.8) is 0 Å². The van der Waals surface area contributed by atoms with Gasteiger partial charge >= 0.3 is 0 Å². The number of carbonyl (C=O) groups excluding carboxylic acids is 1. The quantitative estimate of drug-likeness (QED) is 0.357. The van der Waals surface area contributed by atoms with Crippen molar-refractivity contribution in [1.82, 2.24) is 9.88 Å². The van der Waals surface area contributed by atoms with Gasteiger partial charge in [-0.15, -0.1) is 0 Å². The highest BCUT2D eigenvalue weighted by atomic mass is 19.1. The van der Waals surface area contributed by atoms with Crippen LogP contribution < -0.4 is 14.8 Å². The highest BCUT2D eigenvalue weighted by Gasteiger charge is 2.12. The number of amides is 1. The molecule has 3 aromatic carbocycles. The Morgan fingerprint density at radius 3 is 2.50 bits per heavy atom. The molecule has 0 spiro atoms. The third kappa shape index (κ3) is 5.39. The van der Waals surface area contributed by atoms with Gasteiger partial charge in [-0.1, -0.05) is 36.4 Å². The highest BCUT2D eigenvalue weighted by molar-refractivity contribution is 5.85. The van der Waals surface area contributed by atoms with Crippen LogP contribution in [0.5, 0.6) is 11.5 Å². The van der Waals surface area contributed by atoms with Gasteiger partial charge in [0.1, 0.15) is 17.3 Å². The zero-order chi connectivity index (χ0) is 23.9. The average Bonchev–Trinajstić information content (AvgIpc) is 3.21. The van der Waals surface area contributed by atoms with Gasteiger partial charge in [-0.2, -0.15) is 0 Å². The molecule has 1 aromatic heterocycles. The second-order valence-electron chi connectivity index (χ2n) is 8.17. The standard InChI is InChI=1S/C28H29FN2O3/c1-33-23-12-13-27(34-2)20(17-23)15-16-30-28(32)14-11-21-18-31(26-10-6-4-8-24(21)26)19-22-7-3-5-9-25(22)29/h3-10,12-13,17-18H,11,14-16,19H2,1-2H3,(H,30,32). The molecular weight excluding hydrogens is 431 g/mol. The lowest BCUT2D eigenvalue weighted by atomic mass is 10.1. The van der Waals surface area contributed by atoms with E-state index in [-0.39, 0.29) is 11.7 Å². The summed E-state index contributed by atoms with van der Waals surface area (Å²) in [7, 11) is 3.26. The summed E-state index contributed by atoms with van der Waals surface area (Å²) in [5.74, 6) is 1.31. The lowest BCUT2D eigenvalue weighted by Gasteiger charge is -2.11. The number of para-hydroxylation sites is 1. The first-order chi connectivity index (χ1) is 16.6. The van der Waals surface area contributed by atoms with E-state index in [2.05, 4.69) is 16.0 Å². The molecule has 0 aliphatic heterocycles. The number of rotatable bonds is 10. The van der Waals surface area contributed by atoms with Crippen LogP contribution in [-0.2, 0) is 24.2 Å². The van der Waals surface area contributed by atoms with Crippen LogP contribution >= 0.6 is 0 Å². The van der Waals surface area contributed by atoms with Crippen LogP contribution in [0.3, 0.4) is 0 Å². The monoisotopic (exact) mass is 460 g/mol. The molecule has 0 fully saturated rings. The van der Waals surface area contributed by atoms with Crippen LogP contribution in [0.4, 0.5) is 4.39 Å². The number of benzene rings is 3. The number of aryl methyl sites for hydroxylation is 1. The molecule has 6 heteroatoms. The summed E-state index contributed by atoms with van der Waals surface area (Å²) in [5, 5.41) is 4.09. The largest absolute Gasteiger partial charge is 0.497 e. The fourth-order valence-corrected chi connectivity index (χ4v) is 4.21. The van der Waals surface area contributed by atoms with Crippen LogP contribution in [0, 0.1) is 5.82 Å². The molecule has 4 aromatic rings.